The quantitative estimate of drug-likeness (QED) is 0.0440. The van der Waals surface area contributed by atoms with Gasteiger partial charge in [0.1, 0.15) is 5.69 Å². The second kappa shape index (κ2) is 21.2. The molecule has 15 heteroatoms. The third kappa shape index (κ3) is 13.0. The third-order valence-corrected chi connectivity index (χ3v) is 8.31. The summed E-state index contributed by atoms with van der Waals surface area (Å²) in [5, 5.41) is 22.6. The van der Waals surface area contributed by atoms with Crippen molar-refractivity contribution in [2.24, 2.45) is 0 Å². The first-order valence-electron chi connectivity index (χ1n) is 16.0. The maximum atomic E-state index is 12.8. The molecule has 5 aromatic heterocycles. The number of isocyanates is 1. The second-order valence-corrected chi connectivity index (χ2v) is 12.1. The summed E-state index contributed by atoms with van der Waals surface area (Å²) in [5.74, 6) is 0.0912. The molecule has 0 saturated carbocycles. The van der Waals surface area contributed by atoms with E-state index in [2.05, 4.69) is 49.2 Å². The van der Waals surface area contributed by atoms with Crippen LogP contribution in [0.1, 0.15) is 48.7 Å². The van der Waals surface area contributed by atoms with E-state index in [-0.39, 0.29) is 30.7 Å². The van der Waals surface area contributed by atoms with Crippen molar-refractivity contribution in [1.82, 2.24) is 30.1 Å². The fraction of sp³-hybridized carbons (Fsp3) is 0.184. The Morgan fingerprint density at radius 2 is 1.45 bits per heavy atom. The molecule has 1 N–H and O–H groups in total. The predicted molar refractivity (Wildman–Crippen MR) is 193 cm³/mol. The summed E-state index contributed by atoms with van der Waals surface area (Å²) in [6.07, 6.45) is 5.67. The Labute approximate surface area is 321 Å². The average molecular weight is 825 g/mol. The van der Waals surface area contributed by atoms with Crippen molar-refractivity contribution in [1.29, 1.82) is 0 Å². The minimum atomic E-state index is -4.51. The number of hydrogen-bond donors (Lipinski definition) is 1. The zero-order valence-corrected chi connectivity index (χ0v) is 30.8. The van der Waals surface area contributed by atoms with E-state index in [1.165, 1.54) is 48.9 Å². The molecule has 10 nitrogen and oxygen atoms in total. The van der Waals surface area contributed by atoms with Gasteiger partial charge >= 0.3 is 31.6 Å². The SMILES string of the molecule is CCCCCCSc1cccc(-c2ccnc(-c3cc(C(F)(F)F)n[n-]3)c2)c1.O=C(O)c1ccnc(-c2cccc(-c3ccccn3)n2)c1.[N-]=C=O.[Ru+2]. The van der Waals surface area contributed by atoms with Crippen LogP contribution in [0, 0.1) is 0 Å². The monoisotopic (exact) mass is 825 g/mol. The summed E-state index contributed by atoms with van der Waals surface area (Å²) >= 11 is 1.82. The second-order valence-electron chi connectivity index (χ2n) is 10.9. The molecule has 53 heavy (non-hydrogen) atoms. The molecule has 6 rings (SSSR count). The van der Waals surface area contributed by atoms with E-state index in [1.54, 1.807) is 24.5 Å². The third-order valence-electron chi connectivity index (χ3n) is 7.23. The number of unbranched alkanes of at least 4 members (excludes halogenated alkanes) is 3. The number of carboxylic acids is 1. The molecule has 0 bridgehead atoms. The van der Waals surface area contributed by atoms with E-state index in [0.29, 0.717) is 23.2 Å². The van der Waals surface area contributed by atoms with Gasteiger partial charge in [-0.25, -0.2) is 9.78 Å². The molecule has 0 radical (unpaired) electrons. The van der Waals surface area contributed by atoms with Gasteiger partial charge in [0.15, 0.2) is 0 Å². The summed E-state index contributed by atoms with van der Waals surface area (Å²) < 4.78 is 38.3. The van der Waals surface area contributed by atoms with Gasteiger partial charge in [-0.2, -0.15) is 13.2 Å². The molecule has 272 valence electrons. The molecule has 0 aliphatic carbocycles. The zero-order chi connectivity index (χ0) is 37.3. The largest absolute Gasteiger partial charge is 2.00 e. The number of aromatic carboxylic acids is 1. The minimum Gasteiger partial charge on any atom is -0.724 e. The Bertz CT molecular complexity index is 2090. The standard InChI is InChI=1S/C21H21F3N3S.C16H11N3O2.CNO.Ru/c1-2-3-4-5-11-28-17-8-6-7-15(12-17)16-9-10-25-18(13-16)19-14-20(27-26-19)21(22,23)24;20-16(21)11-7-9-18-15(10-11)14-6-3-5-13(19-14)12-4-1-2-8-17-12;2-1-3;/h6-10,12-14H,2-5,11H2,1H3;1-10H,(H,20,21);;/q-1;;-1;+2. The molecule has 6 aromatic rings. The molecule has 5 heterocycles. The Balaban J connectivity index is 0.000000269. The van der Waals surface area contributed by atoms with Crippen molar-refractivity contribution in [3.8, 4) is 45.3 Å². The Kier molecular flexibility index (Phi) is 16.9. The number of hydrogen-bond acceptors (Lipinski definition) is 8. The van der Waals surface area contributed by atoms with Gasteiger partial charge < -0.3 is 20.7 Å². The zero-order valence-electron chi connectivity index (χ0n) is 28.2. The first-order chi connectivity index (χ1) is 25.1. The number of halogens is 3. The van der Waals surface area contributed by atoms with E-state index < -0.39 is 17.8 Å². The molecule has 1 aromatic carbocycles. The molecule has 0 atom stereocenters. The Hall–Kier alpha value is -5.36. The van der Waals surface area contributed by atoms with E-state index in [0.717, 1.165) is 34.3 Å². The van der Waals surface area contributed by atoms with Crippen molar-refractivity contribution in [3.05, 3.63) is 126 Å². The van der Waals surface area contributed by atoms with Crippen molar-refractivity contribution in [2.45, 2.75) is 43.7 Å². The van der Waals surface area contributed by atoms with Gasteiger partial charge in [0, 0.05) is 29.2 Å². The van der Waals surface area contributed by atoms with Crippen LogP contribution in [0.15, 0.2) is 114 Å². The summed E-state index contributed by atoms with van der Waals surface area (Å²) in [5.41, 5.74) is 4.17. The van der Waals surface area contributed by atoms with Gasteiger partial charge in [-0.1, -0.05) is 56.1 Å². The number of alkyl halides is 3. The maximum absolute atomic E-state index is 12.8. The number of aromatic nitrogens is 6. The van der Waals surface area contributed by atoms with Crippen molar-refractivity contribution in [3.63, 3.8) is 0 Å². The molecular formula is C38H32F3N7O3RuS. The molecule has 0 unspecified atom stereocenters. The van der Waals surface area contributed by atoms with Crippen LogP contribution in [-0.4, -0.2) is 47.9 Å². The van der Waals surface area contributed by atoms with Crippen molar-refractivity contribution < 1.29 is 47.3 Å². The number of thioether (sulfide) groups is 1. The van der Waals surface area contributed by atoms with E-state index in [9.17, 15) is 18.0 Å². The van der Waals surface area contributed by atoms with Gasteiger partial charge in [-0.05, 0) is 96.1 Å². The number of pyridine rings is 4. The number of rotatable bonds is 11. The van der Waals surface area contributed by atoms with Gasteiger partial charge in [-0.15, -0.1) is 11.8 Å². The van der Waals surface area contributed by atoms with Crippen LogP contribution in [0.5, 0.6) is 0 Å². The van der Waals surface area contributed by atoms with Crippen LogP contribution in [0.3, 0.4) is 0 Å². The van der Waals surface area contributed by atoms with Gasteiger partial charge in [-0.3, -0.25) is 19.7 Å². The van der Waals surface area contributed by atoms with E-state index >= 15 is 0 Å². The number of benzene rings is 1. The maximum Gasteiger partial charge on any atom is 2.00 e. The fourth-order valence-electron chi connectivity index (χ4n) is 4.73. The molecule has 0 amide bonds. The van der Waals surface area contributed by atoms with Crippen LogP contribution in [0.2, 0.25) is 0 Å². The summed E-state index contributed by atoms with van der Waals surface area (Å²) in [6.45, 7) is 2.20. The number of nitrogens with zero attached hydrogens (tertiary/aromatic N) is 7. The van der Waals surface area contributed by atoms with Gasteiger partial charge in [0.05, 0.1) is 28.3 Å². The molecule has 0 aliphatic rings. The smallest absolute Gasteiger partial charge is 0.724 e. The summed E-state index contributed by atoms with van der Waals surface area (Å²) in [4.78, 5) is 37.5. The first kappa shape index (κ1) is 42.1. The first-order valence-corrected chi connectivity index (χ1v) is 17.0. The van der Waals surface area contributed by atoms with Crippen molar-refractivity contribution >= 4 is 23.8 Å². The van der Waals surface area contributed by atoms with Gasteiger partial charge in [0.25, 0.3) is 0 Å². The Morgan fingerprint density at radius 1 is 0.792 bits per heavy atom. The van der Waals surface area contributed by atoms with E-state index in [1.807, 2.05) is 60.3 Å². The topological polar surface area (TPSA) is 155 Å². The molecule has 0 fully saturated rings. The number of carboxylic acid groups (broad SMARTS) is 1. The number of carbonyl (C=O) groups excluding carboxylic acids is 1. The van der Waals surface area contributed by atoms with Crippen LogP contribution in [0.25, 0.3) is 50.7 Å². The van der Waals surface area contributed by atoms with Crippen LogP contribution in [-0.2, 0) is 30.4 Å². The van der Waals surface area contributed by atoms with Crippen LogP contribution in [0.4, 0.5) is 13.2 Å². The molecule has 0 spiro atoms. The average Bonchev–Trinajstić information content (AvgIpc) is 3.68. The molecule has 0 saturated heterocycles. The predicted octanol–water partition coefficient (Wildman–Crippen LogP) is 9.25. The summed E-state index contributed by atoms with van der Waals surface area (Å²) in [7, 11) is 0. The molecule has 0 aliphatic heterocycles. The van der Waals surface area contributed by atoms with Gasteiger partial charge in [0.2, 0.25) is 0 Å². The minimum absolute atomic E-state index is 0. The Morgan fingerprint density at radius 3 is 2.13 bits per heavy atom. The summed E-state index contributed by atoms with van der Waals surface area (Å²) in [6, 6.07) is 26.7. The van der Waals surface area contributed by atoms with E-state index in [4.69, 9.17) is 15.3 Å². The van der Waals surface area contributed by atoms with Crippen LogP contribution < -0.4 is 5.10 Å². The normalized spacial score (nSPS) is 10.4. The van der Waals surface area contributed by atoms with Crippen molar-refractivity contribution in [2.75, 3.05) is 5.75 Å². The number of carbonyl (C=O) groups is 1. The molecular weight excluding hydrogens is 793 g/mol. The fourth-order valence-corrected chi connectivity index (χ4v) is 5.70. The van der Waals surface area contributed by atoms with Crippen LogP contribution >= 0.6 is 11.8 Å².